The molecule has 0 spiro atoms. The van der Waals surface area contributed by atoms with E-state index in [2.05, 4.69) is 74.9 Å². The summed E-state index contributed by atoms with van der Waals surface area (Å²) in [5, 5.41) is 0. The molecule has 0 nitrogen and oxygen atoms in total. The highest BCUT2D eigenvalue weighted by Gasteiger charge is 1.86. The maximum absolute atomic E-state index is 2.19. The summed E-state index contributed by atoms with van der Waals surface area (Å²) in [6.45, 7) is 4.21. The van der Waals surface area contributed by atoms with Gasteiger partial charge in [0.15, 0.2) is 0 Å². The van der Waals surface area contributed by atoms with Crippen LogP contribution in [0.4, 0.5) is 0 Å². The van der Waals surface area contributed by atoms with Crippen LogP contribution in [0.5, 0.6) is 0 Å². The highest BCUT2D eigenvalue weighted by molar-refractivity contribution is 7.98. The van der Waals surface area contributed by atoms with Crippen LogP contribution in [0.1, 0.15) is 11.1 Å². The predicted molar refractivity (Wildman–Crippen MR) is 85.9 cm³/mol. The normalized spacial score (nSPS) is 9.56. The lowest BCUT2D eigenvalue weighted by molar-refractivity contribution is 1.36. The quantitative estimate of drug-likeness (QED) is 0.670. The van der Waals surface area contributed by atoms with Crippen molar-refractivity contribution in [2.75, 3.05) is 12.5 Å². The summed E-state index contributed by atoms with van der Waals surface area (Å²) in [6, 6.07) is 17.0. The maximum Gasteiger partial charge on any atom is 0.00717 e. The molecular weight excluding hydrogens is 256 g/mol. The van der Waals surface area contributed by atoms with Gasteiger partial charge in [0.1, 0.15) is 0 Å². The van der Waals surface area contributed by atoms with Gasteiger partial charge >= 0.3 is 0 Å². The monoisotopic (exact) mass is 276 g/mol. The lowest BCUT2D eigenvalue weighted by atomic mass is 10.2. The second-order valence-electron chi connectivity index (χ2n) is 4.04. The lowest BCUT2D eigenvalue weighted by Crippen LogP contribution is -1.71. The van der Waals surface area contributed by atoms with Gasteiger partial charge in [0.25, 0.3) is 0 Å². The highest BCUT2D eigenvalue weighted by Crippen LogP contribution is 2.14. The topological polar surface area (TPSA) is 0 Å². The van der Waals surface area contributed by atoms with Gasteiger partial charge in [0.2, 0.25) is 0 Å². The fourth-order valence-corrected chi connectivity index (χ4v) is 2.34. The molecule has 0 heterocycles. The predicted octanol–water partition coefficient (Wildman–Crippen LogP) is 5.43. The SMILES string of the molecule is CSc1ccc(C)cc1.CSc1cccc(C)c1. The molecule has 0 aromatic heterocycles. The average Bonchev–Trinajstić information content (AvgIpc) is 2.40. The van der Waals surface area contributed by atoms with Crippen molar-refractivity contribution in [3.05, 3.63) is 59.7 Å². The van der Waals surface area contributed by atoms with Crippen LogP contribution in [0.25, 0.3) is 0 Å². The first-order chi connectivity index (χ1) is 8.65. The van der Waals surface area contributed by atoms with Crippen LogP contribution in [0.15, 0.2) is 58.3 Å². The van der Waals surface area contributed by atoms with Crippen LogP contribution in [0.3, 0.4) is 0 Å². The Hall–Kier alpha value is -0.860. The number of rotatable bonds is 2. The summed E-state index contributed by atoms with van der Waals surface area (Å²) in [5.74, 6) is 0. The molecule has 0 unspecified atom stereocenters. The van der Waals surface area contributed by atoms with E-state index in [0.29, 0.717) is 0 Å². The molecule has 0 saturated heterocycles. The minimum Gasteiger partial charge on any atom is -0.130 e. The number of benzene rings is 2. The van der Waals surface area contributed by atoms with Gasteiger partial charge in [-0.15, -0.1) is 23.5 Å². The summed E-state index contributed by atoms with van der Waals surface area (Å²) in [7, 11) is 0. The van der Waals surface area contributed by atoms with Crippen molar-refractivity contribution in [1.82, 2.24) is 0 Å². The van der Waals surface area contributed by atoms with E-state index in [1.54, 1.807) is 23.5 Å². The summed E-state index contributed by atoms with van der Waals surface area (Å²) >= 11 is 3.56. The van der Waals surface area contributed by atoms with Crippen LogP contribution in [0, 0.1) is 13.8 Å². The number of aryl methyl sites for hydroxylation is 2. The van der Waals surface area contributed by atoms with Crippen molar-refractivity contribution in [2.24, 2.45) is 0 Å². The molecule has 2 aromatic rings. The van der Waals surface area contributed by atoms with Gasteiger partial charge in [-0.3, -0.25) is 0 Å². The van der Waals surface area contributed by atoms with Gasteiger partial charge in [0, 0.05) is 9.79 Å². The van der Waals surface area contributed by atoms with E-state index >= 15 is 0 Å². The van der Waals surface area contributed by atoms with Crippen LogP contribution in [-0.4, -0.2) is 12.5 Å². The van der Waals surface area contributed by atoms with Crippen molar-refractivity contribution in [3.8, 4) is 0 Å². The molecule has 0 aliphatic rings. The van der Waals surface area contributed by atoms with Crippen molar-refractivity contribution >= 4 is 23.5 Å². The third-order valence-electron chi connectivity index (χ3n) is 2.48. The molecule has 0 amide bonds. The molecule has 0 aliphatic carbocycles. The number of hydrogen-bond acceptors (Lipinski definition) is 2. The van der Waals surface area contributed by atoms with E-state index in [9.17, 15) is 0 Å². The third-order valence-corrected chi connectivity index (χ3v) is 3.95. The van der Waals surface area contributed by atoms with Gasteiger partial charge in [-0.25, -0.2) is 0 Å². The molecule has 2 rings (SSSR count). The maximum atomic E-state index is 2.19. The second-order valence-corrected chi connectivity index (χ2v) is 5.80. The summed E-state index contributed by atoms with van der Waals surface area (Å²) in [4.78, 5) is 2.68. The third kappa shape index (κ3) is 5.65. The number of hydrogen-bond donors (Lipinski definition) is 0. The molecule has 0 atom stereocenters. The smallest absolute Gasteiger partial charge is 0.00717 e. The van der Waals surface area contributed by atoms with Crippen LogP contribution < -0.4 is 0 Å². The second kappa shape index (κ2) is 8.28. The van der Waals surface area contributed by atoms with Crippen molar-refractivity contribution in [2.45, 2.75) is 23.6 Å². The Morgan fingerprint density at radius 3 is 1.72 bits per heavy atom. The Labute approximate surface area is 119 Å². The Bertz CT molecular complexity index is 461. The molecular formula is C16H20S2. The standard InChI is InChI=1S/2C8H10S/c1-7-3-5-8(9-2)6-4-7;1-7-4-3-5-8(6-7)9-2/h2*3-6H,1-2H3. The molecule has 0 N–H and O–H groups in total. The Kier molecular flexibility index (Phi) is 6.99. The Balaban J connectivity index is 0.000000180. The van der Waals surface area contributed by atoms with Crippen LogP contribution in [-0.2, 0) is 0 Å². The molecule has 2 heteroatoms. The zero-order valence-electron chi connectivity index (χ0n) is 11.4. The first-order valence-corrected chi connectivity index (χ1v) is 8.32. The van der Waals surface area contributed by atoms with Crippen molar-refractivity contribution < 1.29 is 0 Å². The number of thioether (sulfide) groups is 2. The summed E-state index contributed by atoms with van der Waals surface area (Å²) < 4.78 is 0. The minimum absolute atomic E-state index is 1.33. The van der Waals surface area contributed by atoms with E-state index in [-0.39, 0.29) is 0 Å². The highest BCUT2D eigenvalue weighted by atomic mass is 32.2. The van der Waals surface area contributed by atoms with E-state index in [0.717, 1.165) is 0 Å². The molecule has 2 aromatic carbocycles. The van der Waals surface area contributed by atoms with Gasteiger partial charge in [0.05, 0.1) is 0 Å². The Morgan fingerprint density at radius 2 is 1.28 bits per heavy atom. The van der Waals surface area contributed by atoms with Crippen molar-refractivity contribution in [3.63, 3.8) is 0 Å². The van der Waals surface area contributed by atoms with Crippen molar-refractivity contribution in [1.29, 1.82) is 0 Å². The van der Waals surface area contributed by atoms with Gasteiger partial charge in [-0.2, -0.15) is 0 Å². The van der Waals surface area contributed by atoms with E-state index in [1.165, 1.54) is 20.9 Å². The fraction of sp³-hybridized carbons (Fsp3) is 0.250. The molecule has 96 valence electrons. The fourth-order valence-electron chi connectivity index (χ4n) is 1.42. The molecule has 0 bridgehead atoms. The Morgan fingerprint density at radius 1 is 0.667 bits per heavy atom. The summed E-state index contributed by atoms with van der Waals surface area (Å²) in [5.41, 5.74) is 2.66. The largest absolute Gasteiger partial charge is 0.130 e. The van der Waals surface area contributed by atoms with Crippen LogP contribution in [0.2, 0.25) is 0 Å². The van der Waals surface area contributed by atoms with Gasteiger partial charge in [-0.1, -0.05) is 35.4 Å². The van der Waals surface area contributed by atoms with E-state index < -0.39 is 0 Å². The zero-order chi connectivity index (χ0) is 13.4. The molecule has 0 fully saturated rings. The van der Waals surface area contributed by atoms with Gasteiger partial charge in [-0.05, 0) is 50.6 Å². The van der Waals surface area contributed by atoms with E-state index in [1.807, 2.05) is 0 Å². The minimum atomic E-state index is 1.33. The molecule has 0 radical (unpaired) electrons. The molecule has 0 aliphatic heterocycles. The lowest BCUT2D eigenvalue weighted by Gasteiger charge is -1.94. The first kappa shape index (κ1) is 15.2. The first-order valence-electron chi connectivity index (χ1n) is 5.87. The summed E-state index contributed by atoms with van der Waals surface area (Å²) in [6.07, 6.45) is 4.18. The van der Waals surface area contributed by atoms with Crippen LogP contribution >= 0.6 is 23.5 Å². The molecule has 0 saturated carbocycles. The van der Waals surface area contributed by atoms with Gasteiger partial charge < -0.3 is 0 Å². The van der Waals surface area contributed by atoms with E-state index in [4.69, 9.17) is 0 Å². The molecule has 18 heavy (non-hydrogen) atoms. The average molecular weight is 276 g/mol. The zero-order valence-corrected chi connectivity index (χ0v) is 13.1.